The Bertz CT molecular complexity index is 845. The van der Waals surface area contributed by atoms with Gasteiger partial charge in [-0.15, -0.1) is 0 Å². The van der Waals surface area contributed by atoms with Crippen LogP contribution in [-0.4, -0.2) is 29.7 Å². The largest absolute Gasteiger partial charge is 0.478 e. The number of carboxylic acid groups (broad SMARTS) is 1. The molecule has 1 unspecified atom stereocenters. The standard InChI is InChI=1S/C26H35NO4/c1-4-6-7-8-9-10-11-20-12-14-21(15-13-20)24(28)25(31-5-2)27-22-16-17-23(26(29)30)19(3)18-22/h12-18,25,27H,4-11H2,1-3H3,(H,29,30). The summed E-state index contributed by atoms with van der Waals surface area (Å²) in [5, 5.41) is 12.3. The van der Waals surface area contributed by atoms with Gasteiger partial charge in [-0.1, -0.05) is 63.3 Å². The molecule has 0 spiro atoms. The topological polar surface area (TPSA) is 75.6 Å². The second-order valence-electron chi connectivity index (χ2n) is 7.89. The number of aryl methyl sites for hydroxylation is 2. The summed E-state index contributed by atoms with van der Waals surface area (Å²) in [4.78, 5) is 24.2. The van der Waals surface area contributed by atoms with Gasteiger partial charge in [0.25, 0.3) is 0 Å². The predicted octanol–water partition coefficient (Wildman–Crippen LogP) is 6.25. The third kappa shape index (κ3) is 7.83. The fourth-order valence-electron chi connectivity index (χ4n) is 3.59. The van der Waals surface area contributed by atoms with E-state index in [1.54, 1.807) is 19.1 Å². The summed E-state index contributed by atoms with van der Waals surface area (Å²) in [5.41, 5.74) is 3.35. The SMILES string of the molecule is CCCCCCCCc1ccc(C(=O)C(Nc2ccc(C(=O)O)c(C)c2)OCC)cc1. The Morgan fingerprint density at radius 1 is 0.968 bits per heavy atom. The zero-order valence-corrected chi connectivity index (χ0v) is 18.9. The monoisotopic (exact) mass is 425 g/mol. The number of ketones is 1. The first kappa shape index (κ1) is 24.6. The molecule has 5 heteroatoms. The van der Waals surface area contributed by atoms with Gasteiger partial charge in [0.15, 0.2) is 6.23 Å². The van der Waals surface area contributed by atoms with Crippen molar-refractivity contribution < 1.29 is 19.4 Å². The second-order valence-corrected chi connectivity index (χ2v) is 7.89. The highest BCUT2D eigenvalue weighted by Gasteiger charge is 2.21. The molecule has 2 aromatic rings. The van der Waals surface area contributed by atoms with Crippen LogP contribution in [0, 0.1) is 6.92 Å². The Kier molecular flexibility index (Phi) is 10.2. The predicted molar refractivity (Wildman–Crippen MR) is 125 cm³/mol. The number of carbonyl (C=O) groups excluding carboxylic acids is 1. The first-order valence-corrected chi connectivity index (χ1v) is 11.3. The number of rotatable bonds is 14. The van der Waals surface area contributed by atoms with Crippen LogP contribution in [0.25, 0.3) is 0 Å². The van der Waals surface area contributed by atoms with E-state index in [0.717, 1.165) is 6.42 Å². The van der Waals surface area contributed by atoms with Crippen molar-refractivity contribution in [1.29, 1.82) is 0 Å². The average molecular weight is 426 g/mol. The van der Waals surface area contributed by atoms with Gasteiger partial charge in [0, 0.05) is 17.9 Å². The van der Waals surface area contributed by atoms with Crippen molar-refractivity contribution in [3.8, 4) is 0 Å². The Labute approximate surface area is 185 Å². The lowest BCUT2D eigenvalue weighted by Crippen LogP contribution is -2.32. The lowest BCUT2D eigenvalue weighted by Gasteiger charge is -2.19. The molecule has 0 heterocycles. The van der Waals surface area contributed by atoms with Crippen LogP contribution in [0.1, 0.15) is 84.2 Å². The first-order valence-electron chi connectivity index (χ1n) is 11.3. The number of aromatic carboxylic acids is 1. The van der Waals surface area contributed by atoms with Gasteiger partial charge in [-0.25, -0.2) is 4.79 Å². The maximum Gasteiger partial charge on any atom is 0.335 e. The molecule has 0 aliphatic heterocycles. The number of anilines is 1. The lowest BCUT2D eigenvalue weighted by atomic mass is 10.0. The summed E-state index contributed by atoms with van der Waals surface area (Å²) < 4.78 is 5.64. The molecule has 0 radical (unpaired) electrons. The number of hydrogen-bond acceptors (Lipinski definition) is 4. The smallest absolute Gasteiger partial charge is 0.335 e. The fraction of sp³-hybridized carbons (Fsp3) is 0.462. The van der Waals surface area contributed by atoms with E-state index in [1.165, 1.54) is 50.2 Å². The second kappa shape index (κ2) is 12.9. The van der Waals surface area contributed by atoms with Crippen LogP contribution in [0.2, 0.25) is 0 Å². The van der Waals surface area contributed by atoms with E-state index >= 15 is 0 Å². The normalized spacial score (nSPS) is 11.8. The van der Waals surface area contributed by atoms with E-state index in [9.17, 15) is 14.7 Å². The zero-order chi connectivity index (χ0) is 22.6. The summed E-state index contributed by atoms with van der Waals surface area (Å²) in [7, 11) is 0. The molecule has 0 aliphatic carbocycles. The number of unbranched alkanes of at least 4 members (excludes halogenated alkanes) is 5. The molecule has 0 fully saturated rings. The van der Waals surface area contributed by atoms with E-state index < -0.39 is 12.2 Å². The van der Waals surface area contributed by atoms with Crippen molar-refractivity contribution in [3.05, 3.63) is 64.7 Å². The number of hydrogen-bond donors (Lipinski definition) is 2. The van der Waals surface area contributed by atoms with Crippen LogP contribution in [-0.2, 0) is 11.2 Å². The number of carboxylic acids is 1. The van der Waals surface area contributed by atoms with Crippen molar-refractivity contribution >= 4 is 17.4 Å². The van der Waals surface area contributed by atoms with Gasteiger partial charge in [0.2, 0.25) is 5.78 Å². The molecule has 0 amide bonds. The van der Waals surface area contributed by atoms with E-state index in [1.807, 2.05) is 31.2 Å². The summed E-state index contributed by atoms with van der Waals surface area (Å²) in [6.45, 7) is 6.18. The lowest BCUT2D eigenvalue weighted by molar-refractivity contribution is 0.0549. The first-order chi connectivity index (χ1) is 15.0. The van der Waals surface area contributed by atoms with Crippen LogP contribution < -0.4 is 5.32 Å². The van der Waals surface area contributed by atoms with Gasteiger partial charge < -0.3 is 15.2 Å². The molecule has 0 bridgehead atoms. The van der Waals surface area contributed by atoms with Crippen LogP contribution >= 0.6 is 0 Å². The maximum absolute atomic E-state index is 13.0. The summed E-state index contributed by atoms with van der Waals surface area (Å²) in [6.07, 6.45) is 7.80. The Hall–Kier alpha value is -2.66. The van der Waals surface area contributed by atoms with Crippen molar-refractivity contribution in [2.45, 2.75) is 71.9 Å². The minimum atomic E-state index is -0.970. The molecule has 1 atom stereocenters. The maximum atomic E-state index is 13.0. The van der Waals surface area contributed by atoms with Crippen molar-refractivity contribution in [2.75, 3.05) is 11.9 Å². The van der Waals surface area contributed by atoms with Gasteiger partial charge in [-0.2, -0.15) is 0 Å². The van der Waals surface area contributed by atoms with Gasteiger partial charge in [-0.05, 0) is 56.0 Å². The van der Waals surface area contributed by atoms with Crippen molar-refractivity contribution in [1.82, 2.24) is 0 Å². The van der Waals surface area contributed by atoms with E-state index in [0.29, 0.717) is 23.4 Å². The average Bonchev–Trinajstić information content (AvgIpc) is 2.75. The fourth-order valence-corrected chi connectivity index (χ4v) is 3.59. The molecule has 0 aromatic heterocycles. The van der Waals surface area contributed by atoms with Gasteiger partial charge in [0.1, 0.15) is 0 Å². The number of benzene rings is 2. The summed E-state index contributed by atoms with van der Waals surface area (Å²) in [5.74, 6) is -1.12. The van der Waals surface area contributed by atoms with Gasteiger partial charge in [0.05, 0.1) is 5.56 Å². The molecular formula is C26H35NO4. The Morgan fingerprint density at radius 2 is 1.65 bits per heavy atom. The molecular weight excluding hydrogens is 390 g/mol. The Balaban J connectivity index is 1.98. The molecule has 0 aliphatic rings. The van der Waals surface area contributed by atoms with Crippen molar-refractivity contribution in [2.24, 2.45) is 0 Å². The van der Waals surface area contributed by atoms with Crippen LogP contribution in [0.3, 0.4) is 0 Å². The summed E-state index contributed by atoms with van der Waals surface area (Å²) >= 11 is 0. The third-order valence-electron chi connectivity index (χ3n) is 5.38. The third-order valence-corrected chi connectivity index (χ3v) is 5.38. The van der Waals surface area contributed by atoms with Crippen LogP contribution in [0.4, 0.5) is 5.69 Å². The quantitative estimate of drug-likeness (QED) is 0.212. The van der Waals surface area contributed by atoms with Crippen LogP contribution in [0.15, 0.2) is 42.5 Å². The van der Waals surface area contributed by atoms with E-state index in [4.69, 9.17) is 4.74 Å². The van der Waals surface area contributed by atoms with Gasteiger partial charge >= 0.3 is 5.97 Å². The van der Waals surface area contributed by atoms with Crippen LogP contribution in [0.5, 0.6) is 0 Å². The van der Waals surface area contributed by atoms with E-state index in [-0.39, 0.29) is 11.3 Å². The number of nitrogens with one attached hydrogen (secondary N) is 1. The highest BCUT2D eigenvalue weighted by molar-refractivity contribution is 6.00. The number of carbonyl (C=O) groups is 2. The zero-order valence-electron chi connectivity index (χ0n) is 18.9. The minimum Gasteiger partial charge on any atom is -0.478 e. The minimum absolute atomic E-state index is 0.145. The molecule has 2 rings (SSSR count). The molecule has 5 nitrogen and oxygen atoms in total. The van der Waals surface area contributed by atoms with E-state index in [2.05, 4.69) is 12.2 Å². The molecule has 0 saturated carbocycles. The number of ether oxygens (including phenoxy) is 1. The summed E-state index contributed by atoms with van der Waals surface area (Å²) in [6, 6.07) is 12.7. The van der Waals surface area contributed by atoms with Gasteiger partial charge in [-0.3, -0.25) is 4.79 Å². The molecule has 2 N–H and O–H groups in total. The molecule has 0 saturated heterocycles. The molecule has 31 heavy (non-hydrogen) atoms. The molecule has 2 aromatic carbocycles. The highest BCUT2D eigenvalue weighted by atomic mass is 16.5. The van der Waals surface area contributed by atoms with Crippen molar-refractivity contribution in [3.63, 3.8) is 0 Å². The number of Topliss-reactive ketones (excluding diaryl/α,β-unsaturated/α-hetero) is 1. The molecule has 168 valence electrons. The Morgan fingerprint density at radius 3 is 2.26 bits per heavy atom. The highest BCUT2D eigenvalue weighted by Crippen LogP contribution is 2.18.